The summed E-state index contributed by atoms with van der Waals surface area (Å²) in [6.07, 6.45) is 1.78. The number of aryl methyl sites for hydroxylation is 2. The van der Waals surface area contributed by atoms with E-state index in [2.05, 4.69) is 26.9 Å². The van der Waals surface area contributed by atoms with Crippen LogP contribution in [0.25, 0.3) is 0 Å². The van der Waals surface area contributed by atoms with Gasteiger partial charge in [-0.1, -0.05) is 18.2 Å². The predicted molar refractivity (Wildman–Crippen MR) is 147 cm³/mol. The summed E-state index contributed by atoms with van der Waals surface area (Å²) in [7, 11) is 2.13. The molecule has 2 aromatic heterocycles. The van der Waals surface area contributed by atoms with Crippen LogP contribution in [0.5, 0.6) is 0 Å². The van der Waals surface area contributed by atoms with Gasteiger partial charge in [0.25, 0.3) is 5.91 Å². The lowest BCUT2D eigenvalue weighted by molar-refractivity contribution is -0.133. The number of rotatable bonds is 6. The molecular weight excluding hydrogens is 480 g/mol. The Morgan fingerprint density at radius 1 is 0.895 bits per heavy atom. The van der Waals surface area contributed by atoms with E-state index in [4.69, 9.17) is 0 Å². The fraction of sp³-hybridized carbons (Fsp3) is 0.429. The van der Waals surface area contributed by atoms with Crippen molar-refractivity contribution in [1.29, 1.82) is 0 Å². The van der Waals surface area contributed by atoms with Gasteiger partial charge < -0.3 is 14.7 Å². The number of hydrogen-bond acceptors (Lipinski definition) is 7. The maximum absolute atomic E-state index is 13.8. The number of hydrogen-bond donors (Lipinski definition) is 0. The van der Waals surface area contributed by atoms with Crippen molar-refractivity contribution >= 4 is 23.3 Å². The molecule has 0 radical (unpaired) electrons. The van der Waals surface area contributed by atoms with Crippen LogP contribution in [0.2, 0.25) is 0 Å². The zero-order chi connectivity index (χ0) is 26.6. The van der Waals surface area contributed by atoms with Gasteiger partial charge in [0.15, 0.2) is 0 Å². The Labute approximate surface area is 224 Å². The Kier molecular flexibility index (Phi) is 7.71. The number of pyridine rings is 1. The van der Waals surface area contributed by atoms with E-state index in [0.717, 1.165) is 49.1 Å². The highest BCUT2D eigenvalue weighted by atomic mass is 16.2. The van der Waals surface area contributed by atoms with E-state index < -0.39 is 0 Å². The molecule has 2 aliphatic heterocycles. The summed E-state index contributed by atoms with van der Waals surface area (Å²) < 4.78 is 1.76. The van der Waals surface area contributed by atoms with E-state index >= 15 is 0 Å². The summed E-state index contributed by atoms with van der Waals surface area (Å²) >= 11 is 0. The van der Waals surface area contributed by atoms with Crippen LogP contribution in [-0.4, -0.2) is 101 Å². The Hall–Kier alpha value is -3.76. The lowest BCUT2D eigenvalue weighted by Gasteiger charge is -2.41. The molecule has 38 heavy (non-hydrogen) atoms. The number of hydrazine groups is 1. The van der Waals surface area contributed by atoms with Gasteiger partial charge in [-0.3, -0.25) is 14.3 Å². The summed E-state index contributed by atoms with van der Waals surface area (Å²) in [5.74, 6) is 0.821. The molecule has 0 spiro atoms. The minimum atomic E-state index is -0.0939. The van der Waals surface area contributed by atoms with E-state index in [-0.39, 0.29) is 18.4 Å². The Morgan fingerprint density at radius 3 is 2.26 bits per heavy atom. The molecule has 0 aliphatic carbocycles. The molecule has 0 bridgehead atoms. The van der Waals surface area contributed by atoms with Gasteiger partial charge in [0.05, 0.1) is 11.4 Å². The molecule has 0 N–H and O–H groups in total. The SMILES string of the molecule is Cc1cc(C)n(CC(=O)N2CCN(N(C(=O)c3ccccc3)c3ccnc(N4CCN(C)CC4)c3)CC2)n1. The first-order valence-corrected chi connectivity index (χ1v) is 13.2. The van der Waals surface area contributed by atoms with E-state index in [9.17, 15) is 9.59 Å². The molecule has 2 aliphatic rings. The highest BCUT2D eigenvalue weighted by Gasteiger charge is 2.30. The Bertz CT molecular complexity index is 1260. The number of likely N-dealkylation sites (N-methyl/N-ethyl adjacent to an activating group) is 1. The van der Waals surface area contributed by atoms with Crippen molar-refractivity contribution in [1.82, 2.24) is 29.6 Å². The average Bonchev–Trinajstić information content (AvgIpc) is 3.26. The summed E-state index contributed by atoms with van der Waals surface area (Å²) in [5, 5.41) is 8.24. The lowest BCUT2D eigenvalue weighted by Crippen LogP contribution is -2.57. The van der Waals surface area contributed by atoms with Crippen molar-refractivity contribution in [3.8, 4) is 0 Å². The lowest BCUT2D eigenvalue weighted by atomic mass is 10.2. The quantitative estimate of drug-likeness (QED) is 0.496. The first-order chi connectivity index (χ1) is 18.4. The second kappa shape index (κ2) is 11.3. The third-order valence-corrected chi connectivity index (χ3v) is 7.29. The zero-order valence-electron chi connectivity index (χ0n) is 22.5. The monoisotopic (exact) mass is 516 g/mol. The van der Waals surface area contributed by atoms with Gasteiger partial charge in [0.2, 0.25) is 5.91 Å². The van der Waals surface area contributed by atoms with Crippen molar-refractivity contribution in [3.05, 3.63) is 71.7 Å². The maximum Gasteiger partial charge on any atom is 0.272 e. The summed E-state index contributed by atoms with van der Waals surface area (Å²) in [6.45, 7) is 10.0. The molecule has 4 heterocycles. The Balaban J connectivity index is 1.34. The zero-order valence-corrected chi connectivity index (χ0v) is 22.5. The second-order valence-electron chi connectivity index (χ2n) is 10.1. The van der Waals surface area contributed by atoms with Crippen molar-refractivity contribution in [2.24, 2.45) is 0 Å². The van der Waals surface area contributed by atoms with Crippen LogP contribution in [0.4, 0.5) is 11.5 Å². The fourth-order valence-electron chi connectivity index (χ4n) is 5.07. The third kappa shape index (κ3) is 5.71. The highest BCUT2D eigenvalue weighted by Crippen LogP contribution is 2.25. The first-order valence-electron chi connectivity index (χ1n) is 13.2. The fourth-order valence-corrected chi connectivity index (χ4v) is 5.07. The van der Waals surface area contributed by atoms with Crippen LogP contribution in [0.1, 0.15) is 21.7 Å². The highest BCUT2D eigenvalue weighted by molar-refractivity contribution is 6.05. The van der Waals surface area contributed by atoms with E-state index in [1.54, 1.807) is 15.9 Å². The molecule has 0 unspecified atom stereocenters. The number of benzene rings is 1. The molecule has 1 aromatic carbocycles. The molecule has 10 nitrogen and oxygen atoms in total. The molecule has 200 valence electrons. The topological polar surface area (TPSA) is 81.0 Å². The van der Waals surface area contributed by atoms with E-state index in [0.29, 0.717) is 31.7 Å². The van der Waals surface area contributed by atoms with Crippen molar-refractivity contribution in [3.63, 3.8) is 0 Å². The van der Waals surface area contributed by atoms with Crippen LogP contribution in [0.15, 0.2) is 54.7 Å². The number of nitrogens with zero attached hydrogens (tertiary/aromatic N) is 8. The van der Waals surface area contributed by atoms with Gasteiger partial charge in [-0.2, -0.15) is 5.10 Å². The number of piperazine rings is 2. The van der Waals surface area contributed by atoms with Gasteiger partial charge >= 0.3 is 0 Å². The van der Waals surface area contributed by atoms with Crippen LogP contribution < -0.4 is 9.91 Å². The number of carbonyl (C=O) groups excluding carboxylic acids is 2. The van der Waals surface area contributed by atoms with Gasteiger partial charge in [-0.25, -0.2) is 15.0 Å². The molecule has 3 aromatic rings. The third-order valence-electron chi connectivity index (χ3n) is 7.29. The summed E-state index contributed by atoms with van der Waals surface area (Å²) in [5.41, 5.74) is 3.28. The first kappa shape index (κ1) is 25.9. The number of carbonyl (C=O) groups is 2. The molecule has 5 rings (SSSR count). The minimum Gasteiger partial charge on any atom is -0.354 e. The number of amides is 2. The van der Waals surface area contributed by atoms with Crippen LogP contribution >= 0.6 is 0 Å². The molecule has 2 amide bonds. The standard InChI is InChI=1S/C28H36N8O2/c1-22-19-23(2)35(30-22)21-27(37)33-15-17-34(18-16-33)36(28(38)24-7-5-4-6-8-24)25-9-10-29-26(20-25)32-13-11-31(3)12-14-32/h4-10,19-20H,11-18,21H2,1-3H3. The normalized spacial score (nSPS) is 17.0. The minimum absolute atomic E-state index is 0.0399. The smallest absolute Gasteiger partial charge is 0.272 e. The van der Waals surface area contributed by atoms with Gasteiger partial charge in [0.1, 0.15) is 12.4 Å². The Morgan fingerprint density at radius 2 is 1.61 bits per heavy atom. The molecule has 10 heteroatoms. The second-order valence-corrected chi connectivity index (χ2v) is 10.1. The van der Waals surface area contributed by atoms with Gasteiger partial charge in [-0.15, -0.1) is 0 Å². The molecular formula is C28H36N8O2. The molecule has 0 saturated carbocycles. The average molecular weight is 517 g/mol. The summed E-state index contributed by atoms with van der Waals surface area (Å²) in [6, 6.07) is 15.2. The maximum atomic E-state index is 13.8. The van der Waals surface area contributed by atoms with Crippen LogP contribution in [-0.2, 0) is 11.3 Å². The van der Waals surface area contributed by atoms with Crippen molar-refractivity contribution in [2.45, 2.75) is 20.4 Å². The van der Waals surface area contributed by atoms with Crippen molar-refractivity contribution < 1.29 is 9.59 Å². The van der Waals surface area contributed by atoms with Gasteiger partial charge in [-0.05, 0) is 45.2 Å². The van der Waals surface area contributed by atoms with Gasteiger partial charge in [0, 0.05) is 75.9 Å². The van der Waals surface area contributed by atoms with Crippen LogP contribution in [0.3, 0.4) is 0 Å². The molecule has 0 atom stereocenters. The summed E-state index contributed by atoms with van der Waals surface area (Å²) in [4.78, 5) is 37.9. The number of aromatic nitrogens is 3. The predicted octanol–water partition coefficient (Wildman–Crippen LogP) is 2.05. The molecule has 2 fully saturated rings. The van der Waals surface area contributed by atoms with Crippen molar-refractivity contribution in [2.75, 3.05) is 69.3 Å². The van der Waals surface area contributed by atoms with Crippen LogP contribution in [0, 0.1) is 13.8 Å². The largest absolute Gasteiger partial charge is 0.354 e. The van der Waals surface area contributed by atoms with E-state index in [1.807, 2.05) is 72.3 Å². The molecule has 2 saturated heterocycles. The number of anilines is 2. The van der Waals surface area contributed by atoms with E-state index in [1.165, 1.54) is 0 Å².